The van der Waals surface area contributed by atoms with E-state index in [9.17, 15) is 9.00 Å². The Hall–Kier alpha value is -3.72. The maximum absolute atomic E-state index is 13.9. The predicted octanol–water partition coefficient (Wildman–Crippen LogP) is 4.86. The van der Waals surface area contributed by atoms with Crippen molar-refractivity contribution >= 4 is 41.9 Å². The van der Waals surface area contributed by atoms with Gasteiger partial charge in [-0.25, -0.2) is 9.19 Å². The second-order valence-corrected chi connectivity index (χ2v) is 21.3. The summed E-state index contributed by atoms with van der Waals surface area (Å²) in [7, 11) is 0.726. The average Bonchev–Trinajstić information content (AvgIpc) is 3.47. The second-order valence-electron chi connectivity index (χ2n) is 14.8. The smallest absolute Gasteiger partial charge is 0.264 e. The number of nitrogen functional groups attached to an aromatic ring is 1. The van der Waals surface area contributed by atoms with Crippen molar-refractivity contribution in [3.63, 3.8) is 0 Å². The van der Waals surface area contributed by atoms with Gasteiger partial charge in [0.2, 0.25) is 5.95 Å². The maximum Gasteiger partial charge on any atom is 0.264 e. The molecule has 1 aromatic carbocycles. The van der Waals surface area contributed by atoms with Crippen LogP contribution in [0.3, 0.4) is 0 Å². The van der Waals surface area contributed by atoms with Crippen molar-refractivity contribution in [3.8, 4) is 22.6 Å². The molecule has 0 amide bonds. The molecule has 3 aromatic heterocycles. The molecule has 0 bridgehead atoms. The van der Waals surface area contributed by atoms with Crippen molar-refractivity contribution in [1.82, 2.24) is 19.1 Å². The Morgan fingerprint density at radius 3 is 2.54 bits per heavy atom. The SMILES string of the molecule is Cn1c(N2CCC3(CC2)Cc2cc(C#C[Si](C)(C)C)ccc2[C@H]3CC(C)(C)S(N)=O)nc(N)c(-c2cn(C)c3ncccc23)c1=O. The molecule has 0 saturated carbocycles. The van der Waals surface area contributed by atoms with Crippen LogP contribution in [0.1, 0.15) is 55.7 Å². The number of piperidine rings is 1. The lowest BCUT2D eigenvalue weighted by molar-refractivity contribution is 0.170. The fourth-order valence-electron chi connectivity index (χ4n) is 7.40. The first-order valence-corrected chi connectivity index (χ1v) is 20.7. The fraction of sp³-hybridized carbons (Fsp3) is 0.457. The number of hydrogen-bond acceptors (Lipinski definition) is 6. The number of nitrogens with zero attached hydrogens (tertiary/aromatic N) is 5. The Bertz CT molecular complexity index is 1990. The Morgan fingerprint density at radius 1 is 1.15 bits per heavy atom. The summed E-state index contributed by atoms with van der Waals surface area (Å²) in [5.74, 6) is 4.46. The molecular formula is C35H45N7O2SSi. The number of nitrogens with two attached hydrogens (primary N) is 2. The van der Waals surface area contributed by atoms with Crippen LogP contribution < -0.4 is 21.3 Å². The van der Waals surface area contributed by atoms with Gasteiger partial charge in [0.1, 0.15) is 19.5 Å². The van der Waals surface area contributed by atoms with E-state index in [-0.39, 0.29) is 22.7 Å². The van der Waals surface area contributed by atoms with Crippen LogP contribution in [-0.2, 0) is 31.5 Å². The van der Waals surface area contributed by atoms with Crippen LogP contribution in [0.4, 0.5) is 11.8 Å². The molecule has 9 nitrogen and oxygen atoms in total. The molecule has 1 spiro atoms. The third kappa shape index (κ3) is 5.71. The van der Waals surface area contributed by atoms with Gasteiger partial charge in [0, 0.05) is 56.1 Å². The lowest BCUT2D eigenvalue weighted by Crippen LogP contribution is -2.46. The summed E-state index contributed by atoms with van der Waals surface area (Å²) in [6.07, 6.45) is 7.13. The number of hydrogen-bond donors (Lipinski definition) is 2. The number of rotatable bonds is 5. The summed E-state index contributed by atoms with van der Waals surface area (Å²) in [5, 5.41) is 6.88. The van der Waals surface area contributed by atoms with Crippen LogP contribution in [-0.4, -0.2) is 49.2 Å². The van der Waals surface area contributed by atoms with Gasteiger partial charge < -0.3 is 15.2 Å². The highest BCUT2D eigenvalue weighted by Crippen LogP contribution is 2.56. The standard InChI is InChI=1S/C35H45N7O2SSi/c1-34(2,45(37)44)21-28-25-11-10-23(12-18-46(5,6)7)19-24(25)20-35(28)13-16-42(17-14-35)33-39-30(36)29(32(43)41(33)4)27-22-40(3)31-26(27)9-8-15-38-31/h8-11,15,19,22,28H,13-14,16-17,20-21,36-37H2,1-7H3/t28-,45?/m1/s1. The van der Waals surface area contributed by atoms with Crippen LogP contribution in [0, 0.1) is 16.9 Å². The molecule has 1 fully saturated rings. The summed E-state index contributed by atoms with van der Waals surface area (Å²) in [4.78, 5) is 25.3. The van der Waals surface area contributed by atoms with E-state index >= 15 is 0 Å². The molecule has 4 heterocycles. The predicted molar refractivity (Wildman–Crippen MR) is 192 cm³/mol. The van der Waals surface area contributed by atoms with E-state index in [2.05, 4.69) is 59.2 Å². The van der Waals surface area contributed by atoms with Gasteiger partial charge in [-0.15, -0.1) is 5.54 Å². The van der Waals surface area contributed by atoms with Crippen LogP contribution >= 0.6 is 0 Å². The summed E-state index contributed by atoms with van der Waals surface area (Å²) >= 11 is 0. The van der Waals surface area contributed by atoms with E-state index in [1.165, 1.54) is 11.1 Å². The minimum absolute atomic E-state index is 0.0133. The zero-order valence-corrected chi connectivity index (χ0v) is 29.8. The van der Waals surface area contributed by atoms with Crippen molar-refractivity contribution < 1.29 is 4.21 Å². The molecule has 4 N–H and O–H groups in total. The highest BCUT2D eigenvalue weighted by Gasteiger charge is 2.50. The Balaban J connectivity index is 1.32. The van der Waals surface area contributed by atoms with Gasteiger partial charge in [-0.2, -0.15) is 4.98 Å². The molecule has 6 rings (SSSR count). The van der Waals surface area contributed by atoms with Gasteiger partial charge in [0.05, 0.1) is 21.3 Å². The quantitative estimate of drug-likeness (QED) is 0.234. The summed E-state index contributed by atoms with van der Waals surface area (Å²) in [6, 6.07) is 10.5. The highest BCUT2D eigenvalue weighted by atomic mass is 32.2. The van der Waals surface area contributed by atoms with Gasteiger partial charge in [0.25, 0.3) is 5.56 Å². The zero-order valence-electron chi connectivity index (χ0n) is 28.0. The molecule has 1 saturated heterocycles. The Labute approximate surface area is 275 Å². The minimum atomic E-state index is -1.51. The number of pyridine rings is 1. The normalized spacial score (nSPS) is 18.4. The van der Waals surface area contributed by atoms with Gasteiger partial charge in [-0.05, 0) is 86.3 Å². The van der Waals surface area contributed by atoms with Crippen LogP contribution in [0.5, 0.6) is 0 Å². The fourth-order valence-corrected chi connectivity index (χ4v) is 8.25. The number of aryl methyl sites for hydroxylation is 1. The molecule has 1 unspecified atom stereocenters. The van der Waals surface area contributed by atoms with Crippen molar-refractivity contribution in [2.24, 2.45) is 24.6 Å². The third-order valence-corrected chi connectivity index (χ3v) is 12.1. The van der Waals surface area contributed by atoms with Crippen LogP contribution in [0.2, 0.25) is 19.6 Å². The first-order chi connectivity index (χ1) is 21.6. The largest absolute Gasteiger partial charge is 0.383 e. The lowest BCUT2D eigenvalue weighted by atomic mass is 9.67. The molecular weight excluding hydrogens is 611 g/mol. The average molecular weight is 656 g/mol. The van der Waals surface area contributed by atoms with Crippen molar-refractivity contribution in [3.05, 3.63) is 69.8 Å². The summed E-state index contributed by atoms with van der Waals surface area (Å²) in [6.45, 7) is 12.3. The number of aromatic nitrogens is 4. The van der Waals surface area contributed by atoms with E-state index in [1.807, 2.05) is 43.8 Å². The molecule has 46 heavy (non-hydrogen) atoms. The minimum Gasteiger partial charge on any atom is -0.383 e. The molecule has 11 heteroatoms. The molecule has 4 aromatic rings. The molecule has 1 aliphatic heterocycles. The second kappa shape index (κ2) is 11.5. The maximum atomic E-state index is 13.9. The van der Waals surface area contributed by atoms with Gasteiger partial charge in [-0.3, -0.25) is 14.5 Å². The lowest BCUT2D eigenvalue weighted by Gasteiger charge is -2.45. The van der Waals surface area contributed by atoms with E-state index < -0.39 is 23.8 Å². The Morgan fingerprint density at radius 2 is 1.87 bits per heavy atom. The number of benzene rings is 1. The first kappa shape index (κ1) is 32.2. The van der Waals surface area contributed by atoms with Crippen molar-refractivity contribution in [1.29, 1.82) is 0 Å². The first-order valence-electron chi connectivity index (χ1n) is 15.9. The monoisotopic (exact) mass is 655 g/mol. The number of fused-ring (bicyclic) bond motifs is 2. The van der Waals surface area contributed by atoms with E-state index in [4.69, 9.17) is 15.9 Å². The van der Waals surface area contributed by atoms with Gasteiger partial charge in [-0.1, -0.05) is 31.6 Å². The Kier molecular flexibility index (Phi) is 8.06. The molecule has 0 radical (unpaired) electrons. The van der Waals surface area contributed by atoms with Crippen molar-refractivity contribution in [2.45, 2.75) is 69.8 Å². The molecule has 2 aliphatic rings. The topological polar surface area (TPSA) is 125 Å². The van der Waals surface area contributed by atoms with Crippen molar-refractivity contribution in [2.75, 3.05) is 23.7 Å². The number of anilines is 2. The molecule has 242 valence electrons. The zero-order chi connectivity index (χ0) is 33.2. The van der Waals surface area contributed by atoms with Crippen LogP contribution in [0.15, 0.2) is 47.5 Å². The van der Waals surface area contributed by atoms with Crippen LogP contribution in [0.25, 0.3) is 22.2 Å². The summed E-state index contributed by atoms with van der Waals surface area (Å²) in [5.41, 5.74) is 15.5. The van der Waals surface area contributed by atoms with Gasteiger partial charge in [0.15, 0.2) is 0 Å². The molecule has 2 atom stereocenters. The summed E-state index contributed by atoms with van der Waals surface area (Å²) < 4.78 is 15.6. The van der Waals surface area contributed by atoms with E-state index in [0.29, 0.717) is 11.5 Å². The van der Waals surface area contributed by atoms with E-state index in [0.717, 1.165) is 60.9 Å². The van der Waals surface area contributed by atoms with Gasteiger partial charge >= 0.3 is 0 Å². The molecule has 1 aliphatic carbocycles. The van der Waals surface area contributed by atoms with E-state index in [1.54, 1.807) is 17.8 Å². The highest BCUT2D eigenvalue weighted by molar-refractivity contribution is 7.84. The third-order valence-electron chi connectivity index (χ3n) is 9.96.